The lowest BCUT2D eigenvalue weighted by Crippen LogP contribution is -2.50. The molecule has 0 saturated carbocycles. The number of nitrogens with zero attached hydrogens (tertiary/aromatic N) is 2. The maximum absolute atomic E-state index is 11.7. The molecule has 1 aromatic heterocycles. The van der Waals surface area contributed by atoms with E-state index >= 15 is 0 Å². The summed E-state index contributed by atoms with van der Waals surface area (Å²) in [5.74, 6) is -0.833. The zero-order chi connectivity index (χ0) is 13.8. The Labute approximate surface area is 114 Å². The highest BCUT2D eigenvalue weighted by Crippen LogP contribution is 2.23. The molecule has 2 N–H and O–H groups in total. The third-order valence-corrected chi connectivity index (χ3v) is 3.73. The van der Waals surface area contributed by atoms with E-state index in [9.17, 15) is 9.59 Å². The molecule has 1 aliphatic rings. The molecule has 7 heteroatoms. The molecule has 0 aliphatic carbocycles. The van der Waals surface area contributed by atoms with E-state index in [1.165, 1.54) is 11.3 Å². The molecule has 100 valence electrons. The molecule has 1 fully saturated rings. The number of thiophene rings is 1. The normalized spacial score (nSPS) is 15.5. The number of aliphatic carboxylic acids is 1. The van der Waals surface area contributed by atoms with Crippen molar-refractivity contribution in [2.24, 2.45) is 5.92 Å². The van der Waals surface area contributed by atoms with Crippen LogP contribution in [0, 0.1) is 17.2 Å². The Kier molecular flexibility index (Phi) is 4.14. The van der Waals surface area contributed by atoms with Gasteiger partial charge in [-0.2, -0.15) is 5.26 Å². The lowest BCUT2D eigenvalue weighted by molar-refractivity contribution is -0.139. The van der Waals surface area contributed by atoms with Crippen molar-refractivity contribution in [3.8, 4) is 6.07 Å². The Hall–Kier alpha value is -1.91. The average Bonchev–Trinajstić information content (AvgIpc) is 2.72. The SMILES string of the molecule is N#Cc1ccsc1NC(=O)CN1CC(CC(=O)O)C1. The van der Waals surface area contributed by atoms with Crippen LogP contribution in [-0.4, -0.2) is 41.5 Å². The lowest BCUT2D eigenvalue weighted by atomic mass is 9.96. The third kappa shape index (κ3) is 3.53. The molecule has 0 spiro atoms. The van der Waals surface area contributed by atoms with Gasteiger partial charge in [0.1, 0.15) is 11.1 Å². The highest BCUT2D eigenvalue weighted by Gasteiger charge is 2.29. The number of nitriles is 1. The van der Waals surface area contributed by atoms with E-state index in [1.54, 1.807) is 11.4 Å². The van der Waals surface area contributed by atoms with Crippen molar-refractivity contribution in [1.29, 1.82) is 5.26 Å². The number of carbonyl (C=O) groups is 2. The summed E-state index contributed by atoms with van der Waals surface area (Å²) in [4.78, 5) is 24.1. The van der Waals surface area contributed by atoms with Crippen LogP contribution in [0.25, 0.3) is 0 Å². The van der Waals surface area contributed by atoms with Crippen LogP contribution in [0.3, 0.4) is 0 Å². The van der Waals surface area contributed by atoms with E-state index < -0.39 is 5.97 Å². The van der Waals surface area contributed by atoms with Crippen molar-refractivity contribution < 1.29 is 14.7 Å². The van der Waals surface area contributed by atoms with Crippen LogP contribution in [-0.2, 0) is 9.59 Å². The van der Waals surface area contributed by atoms with Gasteiger partial charge in [-0.1, -0.05) is 0 Å². The molecule has 1 saturated heterocycles. The molecule has 2 heterocycles. The van der Waals surface area contributed by atoms with Crippen LogP contribution in [0.1, 0.15) is 12.0 Å². The summed E-state index contributed by atoms with van der Waals surface area (Å²) in [6.07, 6.45) is 0.154. The first-order chi connectivity index (χ1) is 9.08. The molecule has 1 aliphatic heterocycles. The van der Waals surface area contributed by atoms with Gasteiger partial charge in [0.25, 0.3) is 0 Å². The second-order valence-corrected chi connectivity index (χ2v) is 5.40. The van der Waals surface area contributed by atoms with Crippen LogP contribution >= 0.6 is 11.3 Å². The predicted molar refractivity (Wildman–Crippen MR) is 69.8 cm³/mol. The monoisotopic (exact) mass is 279 g/mol. The van der Waals surface area contributed by atoms with Gasteiger partial charge in [-0.05, 0) is 17.4 Å². The molecule has 1 aromatic rings. The van der Waals surface area contributed by atoms with E-state index in [0.29, 0.717) is 23.7 Å². The Morgan fingerprint density at radius 1 is 1.58 bits per heavy atom. The van der Waals surface area contributed by atoms with Gasteiger partial charge in [0.2, 0.25) is 5.91 Å². The van der Waals surface area contributed by atoms with Crippen LogP contribution in [0.5, 0.6) is 0 Å². The molecule has 1 amide bonds. The number of likely N-dealkylation sites (tertiary alicyclic amines) is 1. The summed E-state index contributed by atoms with van der Waals surface area (Å²) in [5.41, 5.74) is 0.464. The first kappa shape index (κ1) is 13.5. The summed E-state index contributed by atoms with van der Waals surface area (Å²) in [6, 6.07) is 3.67. The first-order valence-corrected chi connectivity index (χ1v) is 6.68. The van der Waals surface area contributed by atoms with Gasteiger partial charge < -0.3 is 10.4 Å². The number of anilines is 1. The van der Waals surface area contributed by atoms with Crippen molar-refractivity contribution in [3.63, 3.8) is 0 Å². The summed E-state index contributed by atoms with van der Waals surface area (Å²) in [5, 5.41) is 22.4. The molecule has 2 rings (SSSR count). The van der Waals surface area contributed by atoms with Gasteiger partial charge in [0.15, 0.2) is 0 Å². The molecule has 0 unspecified atom stereocenters. The number of rotatable bonds is 5. The van der Waals surface area contributed by atoms with E-state index in [-0.39, 0.29) is 24.8 Å². The van der Waals surface area contributed by atoms with Crippen LogP contribution in [0.2, 0.25) is 0 Å². The molecule has 0 bridgehead atoms. The quantitative estimate of drug-likeness (QED) is 0.837. The van der Waals surface area contributed by atoms with Crippen molar-refractivity contribution in [2.75, 3.05) is 25.0 Å². The Morgan fingerprint density at radius 2 is 2.32 bits per heavy atom. The molecule has 0 aromatic carbocycles. The highest BCUT2D eigenvalue weighted by molar-refractivity contribution is 7.14. The largest absolute Gasteiger partial charge is 0.481 e. The number of carbonyl (C=O) groups excluding carboxylic acids is 1. The molecular formula is C12H13N3O3S. The lowest BCUT2D eigenvalue weighted by Gasteiger charge is -2.37. The fourth-order valence-corrected chi connectivity index (χ4v) is 2.80. The number of carboxylic acids is 1. The van der Waals surface area contributed by atoms with Gasteiger partial charge >= 0.3 is 5.97 Å². The zero-order valence-electron chi connectivity index (χ0n) is 10.1. The number of carboxylic acid groups (broad SMARTS) is 1. The summed E-state index contributed by atoms with van der Waals surface area (Å²) in [6.45, 7) is 1.50. The molecule has 6 nitrogen and oxygen atoms in total. The van der Waals surface area contributed by atoms with Gasteiger partial charge in [0, 0.05) is 13.1 Å². The van der Waals surface area contributed by atoms with Gasteiger partial charge in [-0.3, -0.25) is 14.5 Å². The summed E-state index contributed by atoms with van der Waals surface area (Å²) >= 11 is 1.31. The van der Waals surface area contributed by atoms with Gasteiger partial charge in [-0.25, -0.2) is 0 Å². The second kappa shape index (κ2) is 5.82. The van der Waals surface area contributed by atoms with E-state index in [0.717, 1.165) is 0 Å². The first-order valence-electron chi connectivity index (χ1n) is 5.80. The highest BCUT2D eigenvalue weighted by atomic mass is 32.1. The van der Waals surface area contributed by atoms with Gasteiger partial charge in [-0.15, -0.1) is 11.3 Å². The zero-order valence-corrected chi connectivity index (χ0v) is 10.9. The second-order valence-electron chi connectivity index (χ2n) is 4.48. The predicted octanol–water partition coefficient (Wildman–Crippen LogP) is 0.965. The third-order valence-electron chi connectivity index (χ3n) is 2.90. The molecule has 19 heavy (non-hydrogen) atoms. The van der Waals surface area contributed by atoms with Crippen molar-refractivity contribution >= 4 is 28.2 Å². The summed E-state index contributed by atoms with van der Waals surface area (Å²) in [7, 11) is 0. The number of nitrogens with one attached hydrogen (secondary N) is 1. The maximum atomic E-state index is 11.7. The van der Waals surface area contributed by atoms with E-state index in [4.69, 9.17) is 10.4 Å². The minimum Gasteiger partial charge on any atom is -0.481 e. The molecular weight excluding hydrogens is 266 g/mol. The number of hydrogen-bond acceptors (Lipinski definition) is 5. The number of amides is 1. The minimum atomic E-state index is -0.800. The van der Waals surface area contributed by atoms with Gasteiger partial charge in [0.05, 0.1) is 18.5 Å². The minimum absolute atomic E-state index is 0.140. The standard InChI is InChI=1S/C12H13N3O3S/c13-4-9-1-2-19-12(9)14-10(16)7-15-5-8(6-15)3-11(17)18/h1-2,8H,3,5-7H2,(H,14,16)(H,17,18). The molecule has 0 atom stereocenters. The smallest absolute Gasteiger partial charge is 0.303 e. The topological polar surface area (TPSA) is 93.4 Å². The van der Waals surface area contributed by atoms with Crippen molar-refractivity contribution in [2.45, 2.75) is 6.42 Å². The van der Waals surface area contributed by atoms with Crippen LogP contribution < -0.4 is 5.32 Å². The average molecular weight is 279 g/mol. The Bertz CT molecular complexity index is 529. The van der Waals surface area contributed by atoms with Crippen LogP contribution in [0.4, 0.5) is 5.00 Å². The fourth-order valence-electron chi connectivity index (χ4n) is 2.05. The van der Waals surface area contributed by atoms with E-state index in [2.05, 4.69) is 5.32 Å². The maximum Gasteiger partial charge on any atom is 0.303 e. The van der Waals surface area contributed by atoms with Crippen LogP contribution in [0.15, 0.2) is 11.4 Å². The summed E-state index contributed by atoms with van der Waals surface area (Å²) < 4.78 is 0. The fraction of sp³-hybridized carbons (Fsp3) is 0.417. The Balaban J connectivity index is 1.75. The van der Waals surface area contributed by atoms with Crippen molar-refractivity contribution in [1.82, 2.24) is 4.90 Å². The number of hydrogen-bond donors (Lipinski definition) is 2. The van der Waals surface area contributed by atoms with E-state index in [1.807, 2.05) is 11.0 Å². The van der Waals surface area contributed by atoms with Crippen molar-refractivity contribution in [3.05, 3.63) is 17.0 Å². The Morgan fingerprint density at radius 3 is 2.95 bits per heavy atom. The molecule has 0 radical (unpaired) electrons.